The third kappa shape index (κ3) is 6.57. The van der Waals surface area contributed by atoms with Gasteiger partial charge in [0.25, 0.3) is 5.91 Å². The van der Waals surface area contributed by atoms with Crippen LogP contribution in [0.15, 0.2) is 18.2 Å². The normalized spacial score (nSPS) is 9.84. The monoisotopic (exact) mass is 286 g/mol. The fourth-order valence-electron chi connectivity index (χ4n) is 1.75. The standard InChI is InChI=1S/C14H22N2O2.ClH/c1-4-18-9-8-15-10-13(17)16-14-11(2)6-5-7-12(14)3;/h5-7,15H,4,8-10H2,1-3H3,(H,16,17);1H. The van der Waals surface area contributed by atoms with Crippen LogP contribution >= 0.6 is 0 Å². The largest absolute Gasteiger partial charge is 1.00 e. The first-order valence-corrected chi connectivity index (χ1v) is 6.40. The van der Waals surface area contributed by atoms with Crippen molar-refractivity contribution in [3.63, 3.8) is 0 Å². The molecule has 108 valence electrons. The summed E-state index contributed by atoms with van der Waals surface area (Å²) in [6.45, 7) is 8.63. The predicted molar refractivity (Wildman–Crippen MR) is 72.7 cm³/mol. The summed E-state index contributed by atoms with van der Waals surface area (Å²) in [7, 11) is 0. The third-order valence-electron chi connectivity index (χ3n) is 2.75. The highest BCUT2D eigenvalue weighted by Crippen LogP contribution is 2.18. The van der Waals surface area contributed by atoms with Crippen LogP contribution in [0.5, 0.6) is 0 Å². The zero-order valence-electron chi connectivity index (χ0n) is 11.8. The topological polar surface area (TPSA) is 54.9 Å². The van der Waals surface area contributed by atoms with E-state index in [9.17, 15) is 4.79 Å². The highest BCUT2D eigenvalue weighted by molar-refractivity contribution is 5.92. The van der Waals surface area contributed by atoms with Crippen LogP contribution in [-0.4, -0.2) is 32.2 Å². The van der Waals surface area contributed by atoms with Crippen LogP contribution in [0.1, 0.15) is 18.1 Å². The first-order chi connectivity index (χ1) is 8.65. The summed E-state index contributed by atoms with van der Waals surface area (Å²) in [5, 5.41) is 4.92. The Morgan fingerprint density at radius 3 is 2.53 bits per heavy atom. The van der Waals surface area contributed by atoms with Gasteiger partial charge in [0.15, 0.2) is 6.54 Å². The summed E-state index contributed by atoms with van der Waals surface area (Å²) in [5.41, 5.74) is 3.12. The molecule has 1 aromatic carbocycles. The summed E-state index contributed by atoms with van der Waals surface area (Å²) in [6, 6.07) is 6.00. The number of hydrogen-bond acceptors (Lipinski definition) is 2. The van der Waals surface area contributed by atoms with Crippen molar-refractivity contribution in [3.05, 3.63) is 29.3 Å². The average molecular weight is 287 g/mol. The highest BCUT2D eigenvalue weighted by atomic mass is 35.5. The van der Waals surface area contributed by atoms with Gasteiger partial charge in [-0.05, 0) is 31.9 Å². The molecule has 0 spiro atoms. The number of ether oxygens (including phenoxy) is 1. The maximum atomic E-state index is 11.8. The van der Waals surface area contributed by atoms with Crippen molar-refractivity contribution in [2.45, 2.75) is 20.8 Å². The second-order valence-corrected chi connectivity index (χ2v) is 4.29. The van der Waals surface area contributed by atoms with Gasteiger partial charge in [0.1, 0.15) is 0 Å². The fraction of sp³-hybridized carbons (Fsp3) is 0.500. The summed E-state index contributed by atoms with van der Waals surface area (Å²) in [6.07, 6.45) is 0. The van der Waals surface area contributed by atoms with Gasteiger partial charge in [-0.1, -0.05) is 18.2 Å². The minimum absolute atomic E-state index is 0. The van der Waals surface area contributed by atoms with Crippen LogP contribution in [0.3, 0.4) is 0 Å². The van der Waals surface area contributed by atoms with Crippen LogP contribution in [0, 0.1) is 13.8 Å². The Kier molecular flexibility index (Phi) is 9.21. The predicted octanol–water partition coefficient (Wildman–Crippen LogP) is -2.15. The van der Waals surface area contributed by atoms with E-state index in [4.69, 9.17) is 4.74 Å². The summed E-state index contributed by atoms with van der Waals surface area (Å²) in [4.78, 5) is 11.8. The maximum absolute atomic E-state index is 11.8. The minimum atomic E-state index is 0. The number of para-hydroxylation sites is 1. The zero-order valence-corrected chi connectivity index (χ0v) is 12.6. The van der Waals surface area contributed by atoms with E-state index in [1.165, 1.54) is 0 Å². The van der Waals surface area contributed by atoms with Crippen molar-refractivity contribution in [1.29, 1.82) is 0 Å². The van der Waals surface area contributed by atoms with Gasteiger partial charge in [-0.15, -0.1) is 0 Å². The third-order valence-corrected chi connectivity index (χ3v) is 2.75. The van der Waals surface area contributed by atoms with E-state index < -0.39 is 0 Å². The molecule has 0 aliphatic carbocycles. The number of nitrogens with one attached hydrogen (secondary N) is 1. The van der Waals surface area contributed by atoms with Gasteiger partial charge < -0.3 is 27.8 Å². The first-order valence-electron chi connectivity index (χ1n) is 6.40. The molecule has 0 bridgehead atoms. The number of nitrogens with two attached hydrogens (primary N) is 1. The Balaban J connectivity index is 0.00000324. The number of anilines is 1. The second-order valence-electron chi connectivity index (χ2n) is 4.29. The molecule has 0 radical (unpaired) electrons. The Hall–Kier alpha value is -1.10. The number of carbonyl (C=O) groups excluding carboxylic acids is 1. The molecule has 0 unspecified atom stereocenters. The molecule has 0 atom stereocenters. The Morgan fingerprint density at radius 2 is 1.95 bits per heavy atom. The molecule has 0 heterocycles. The number of amides is 1. The summed E-state index contributed by atoms with van der Waals surface area (Å²) >= 11 is 0. The molecule has 4 nitrogen and oxygen atoms in total. The molecule has 0 fully saturated rings. The molecule has 0 aromatic heterocycles. The van der Waals surface area contributed by atoms with Gasteiger partial charge in [-0.2, -0.15) is 0 Å². The number of quaternary nitrogens is 1. The second kappa shape index (κ2) is 9.78. The molecule has 5 heteroatoms. The number of carbonyl (C=O) groups is 1. The lowest BCUT2D eigenvalue weighted by Crippen LogP contribution is -3.00. The molecule has 1 amide bonds. The van der Waals surface area contributed by atoms with E-state index >= 15 is 0 Å². The van der Waals surface area contributed by atoms with Crippen molar-refractivity contribution >= 4 is 11.6 Å². The molecule has 19 heavy (non-hydrogen) atoms. The van der Waals surface area contributed by atoms with E-state index in [1.54, 1.807) is 0 Å². The van der Waals surface area contributed by atoms with Crippen LogP contribution in [0.25, 0.3) is 0 Å². The van der Waals surface area contributed by atoms with Crippen molar-refractivity contribution in [3.8, 4) is 0 Å². The lowest BCUT2D eigenvalue weighted by molar-refractivity contribution is -0.645. The van der Waals surface area contributed by atoms with E-state index in [-0.39, 0.29) is 18.3 Å². The van der Waals surface area contributed by atoms with Crippen LogP contribution < -0.4 is 23.0 Å². The average Bonchev–Trinajstić information content (AvgIpc) is 2.34. The highest BCUT2D eigenvalue weighted by Gasteiger charge is 2.08. The first kappa shape index (κ1) is 17.9. The van der Waals surface area contributed by atoms with Gasteiger partial charge >= 0.3 is 0 Å². The maximum Gasteiger partial charge on any atom is 0.279 e. The van der Waals surface area contributed by atoms with Gasteiger partial charge in [0.2, 0.25) is 0 Å². The van der Waals surface area contributed by atoms with E-state index in [0.29, 0.717) is 13.2 Å². The molecule has 1 rings (SSSR count). The van der Waals surface area contributed by atoms with E-state index in [0.717, 1.165) is 30.0 Å². The van der Waals surface area contributed by atoms with Gasteiger partial charge in [-0.25, -0.2) is 0 Å². The lowest BCUT2D eigenvalue weighted by Gasteiger charge is -2.10. The summed E-state index contributed by atoms with van der Waals surface area (Å²) < 4.78 is 5.21. The minimum Gasteiger partial charge on any atom is -1.00 e. The molecule has 0 saturated heterocycles. The van der Waals surface area contributed by atoms with Crippen LogP contribution in [0.4, 0.5) is 5.69 Å². The van der Waals surface area contributed by atoms with Crippen molar-refractivity contribution in [2.75, 3.05) is 31.6 Å². The fourth-order valence-corrected chi connectivity index (χ4v) is 1.75. The van der Waals surface area contributed by atoms with E-state index in [1.807, 2.05) is 44.3 Å². The van der Waals surface area contributed by atoms with Gasteiger partial charge in [-0.3, -0.25) is 4.79 Å². The van der Waals surface area contributed by atoms with Gasteiger partial charge in [0.05, 0.1) is 13.2 Å². The van der Waals surface area contributed by atoms with Crippen LogP contribution in [0.2, 0.25) is 0 Å². The molecular formula is C14H23ClN2O2. The number of rotatable bonds is 7. The zero-order chi connectivity index (χ0) is 13.4. The Morgan fingerprint density at radius 1 is 1.32 bits per heavy atom. The smallest absolute Gasteiger partial charge is 0.279 e. The molecule has 0 saturated carbocycles. The number of halogens is 1. The van der Waals surface area contributed by atoms with Crippen molar-refractivity contribution < 1.29 is 27.3 Å². The quantitative estimate of drug-likeness (QED) is 0.562. The van der Waals surface area contributed by atoms with Crippen LogP contribution in [-0.2, 0) is 9.53 Å². The SMILES string of the molecule is CCOCC[NH2+]CC(=O)Nc1c(C)cccc1C.[Cl-]. The molecule has 1 aromatic rings. The Bertz CT molecular complexity index is 377. The molecule has 0 aliphatic heterocycles. The number of benzene rings is 1. The number of aryl methyl sites for hydroxylation is 2. The molecule has 3 N–H and O–H groups in total. The van der Waals surface area contributed by atoms with Gasteiger partial charge in [0, 0.05) is 12.3 Å². The summed E-state index contributed by atoms with van der Waals surface area (Å²) in [5.74, 6) is 0.0314. The molecule has 0 aliphatic rings. The Labute approximate surface area is 121 Å². The number of hydrogen-bond donors (Lipinski definition) is 2. The van der Waals surface area contributed by atoms with Crippen molar-refractivity contribution in [2.24, 2.45) is 0 Å². The lowest BCUT2D eigenvalue weighted by atomic mass is 10.1. The van der Waals surface area contributed by atoms with E-state index in [2.05, 4.69) is 5.32 Å². The van der Waals surface area contributed by atoms with Crippen molar-refractivity contribution in [1.82, 2.24) is 0 Å². The molecular weight excluding hydrogens is 264 g/mol.